The SMILES string of the molecule is COC(=O)[C@H](C)[C@H](c1ccc2c(c1)O[C@@H](C1CC3(CNC3)C1)CC2)C1CC1. The highest BCUT2D eigenvalue weighted by Crippen LogP contribution is 2.52. The zero-order valence-electron chi connectivity index (χ0n) is 16.5. The summed E-state index contributed by atoms with van der Waals surface area (Å²) in [6, 6.07) is 6.70. The van der Waals surface area contributed by atoms with Crippen LogP contribution in [-0.2, 0) is 16.0 Å². The molecule has 4 nitrogen and oxygen atoms in total. The zero-order chi connectivity index (χ0) is 18.6. The zero-order valence-corrected chi connectivity index (χ0v) is 16.5. The van der Waals surface area contributed by atoms with Crippen LogP contribution >= 0.6 is 0 Å². The molecule has 3 atom stereocenters. The fourth-order valence-electron chi connectivity index (χ4n) is 5.79. The molecule has 0 unspecified atom stereocenters. The fourth-order valence-corrected chi connectivity index (χ4v) is 5.79. The molecule has 27 heavy (non-hydrogen) atoms. The van der Waals surface area contributed by atoms with Gasteiger partial charge in [-0.15, -0.1) is 0 Å². The molecule has 1 aromatic rings. The molecule has 1 N–H and O–H groups in total. The Morgan fingerprint density at radius 2 is 2.04 bits per heavy atom. The molecule has 0 aromatic heterocycles. The maximum atomic E-state index is 12.2. The molecule has 1 aromatic carbocycles. The van der Waals surface area contributed by atoms with Crippen molar-refractivity contribution >= 4 is 5.97 Å². The third-order valence-electron chi connectivity index (χ3n) is 7.61. The highest BCUT2D eigenvalue weighted by atomic mass is 16.5. The summed E-state index contributed by atoms with van der Waals surface area (Å²) in [7, 11) is 1.49. The van der Waals surface area contributed by atoms with Crippen LogP contribution in [0.25, 0.3) is 0 Å². The molecular weight excluding hydrogens is 338 g/mol. The third kappa shape index (κ3) is 3.06. The molecule has 2 heterocycles. The van der Waals surface area contributed by atoms with Crippen LogP contribution in [-0.4, -0.2) is 32.3 Å². The van der Waals surface area contributed by atoms with Gasteiger partial charge < -0.3 is 14.8 Å². The van der Waals surface area contributed by atoms with Gasteiger partial charge in [0.05, 0.1) is 13.0 Å². The minimum absolute atomic E-state index is 0.0995. The van der Waals surface area contributed by atoms with E-state index >= 15 is 0 Å². The van der Waals surface area contributed by atoms with E-state index in [1.165, 1.54) is 57.0 Å². The molecule has 4 aliphatic rings. The normalized spacial score (nSPS) is 28.3. The number of rotatable bonds is 5. The van der Waals surface area contributed by atoms with Crippen LogP contribution in [0.2, 0.25) is 0 Å². The van der Waals surface area contributed by atoms with Gasteiger partial charge in [-0.25, -0.2) is 0 Å². The maximum Gasteiger partial charge on any atom is 0.309 e. The average molecular weight is 370 g/mol. The van der Waals surface area contributed by atoms with Gasteiger partial charge in [0.1, 0.15) is 11.9 Å². The van der Waals surface area contributed by atoms with Gasteiger partial charge in [0.2, 0.25) is 0 Å². The molecule has 2 aliphatic heterocycles. The minimum atomic E-state index is -0.0997. The van der Waals surface area contributed by atoms with Gasteiger partial charge in [0, 0.05) is 13.1 Å². The molecule has 2 aliphatic carbocycles. The molecule has 146 valence electrons. The quantitative estimate of drug-likeness (QED) is 0.805. The number of esters is 1. The molecule has 1 spiro atoms. The number of fused-ring (bicyclic) bond motifs is 1. The van der Waals surface area contributed by atoms with E-state index in [4.69, 9.17) is 9.47 Å². The van der Waals surface area contributed by atoms with E-state index in [1.54, 1.807) is 0 Å². The Morgan fingerprint density at radius 1 is 1.26 bits per heavy atom. The lowest BCUT2D eigenvalue weighted by Crippen LogP contribution is -2.62. The Morgan fingerprint density at radius 3 is 2.67 bits per heavy atom. The first kappa shape index (κ1) is 17.5. The second-order valence-electron chi connectivity index (χ2n) is 9.51. The number of nitrogens with one attached hydrogen (secondary N) is 1. The number of aryl methyl sites for hydroxylation is 1. The van der Waals surface area contributed by atoms with Crippen LogP contribution < -0.4 is 10.1 Å². The summed E-state index contributed by atoms with van der Waals surface area (Å²) in [5, 5.41) is 3.43. The molecule has 2 saturated carbocycles. The van der Waals surface area contributed by atoms with E-state index in [0.717, 1.165) is 24.5 Å². The molecule has 0 radical (unpaired) electrons. The molecule has 5 rings (SSSR count). The van der Waals surface area contributed by atoms with Crippen LogP contribution in [0.5, 0.6) is 5.75 Å². The van der Waals surface area contributed by atoms with Crippen LogP contribution in [0, 0.1) is 23.2 Å². The van der Waals surface area contributed by atoms with Crippen molar-refractivity contribution in [3.8, 4) is 5.75 Å². The van der Waals surface area contributed by atoms with Gasteiger partial charge >= 0.3 is 5.97 Å². The fraction of sp³-hybridized carbons (Fsp3) is 0.696. The number of benzene rings is 1. The lowest BCUT2D eigenvalue weighted by Gasteiger charge is -2.56. The van der Waals surface area contributed by atoms with Gasteiger partial charge in [-0.3, -0.25) is 4.79 Å². The first-order chi connectivity index (χ1) is 13.1. The Kier molecular flexibility index (Phi) is 4.23. The van der Waals surface area contributed by atoms with Gasteiger partial charge in [-0.2, -0.15) is 0 Å². The summed E-state index contributed by atoms with van der Waals surface area (Å²) in [5.74, 6) is 2.44. The Balaban J connectivity index is 1.33. The Hall–Kier alpha value is -1.55. The van der Waals surface area contributed by atoms with Crippen molar-refractivity contribution < 1.29 is 14.3 Å². The number of hydrogen-bond acceptors (Lipinski definition) is 4. The van der Waals surface area contributed by atoms with E-state index in [2.05, 4.69) is 23.5 Å². The number of ether oxygens (including phenoxy) is 2. The van der Waals surface area contributed by atoms with Gasteiger partial charge in [-0.1, -0.05) is 19.1 Å². The van der Waals surface area contributed by atoms with Crippen LogP contribution in [0.1, 0.15) is 56.1 Å². The second-order valence-corrected chi connectivity index (χ2v) is 9.51. The molecule has 3 fully saturated rings. The number of methoxy groups -OCH3 is 1. The molecule has 0 amide bonds. The lowest BCUT2D eigenvalue weighted by molar-refractivity contribution is -0.145. The summed E-state index contributed by atoms with van der Waals surface area (Å²) in [5.41, 5.74) is 3.18. The maximum absolute atomic E-state index is 12.2. The number of carbonyl (C=O) groups excluding carboxylic acids is 1. The summed E-state index contributed by atoms with van der Waals surface area (Å²) >= 11 is 0. The van der Waals surface area contributed by atoms with Crippen molar-refractivity contribution in [2.24, 2.45) is 23.2 Å². The summed E-state index contributed by atoms with van der Waals surface area (Å²) in [4.78, 5) is 12.2. The Bertz CT molecular complexity index is 729. The molecule has 1 saturated heterocycles. The number of hydrogen-bond donors (Lipinski definition) is 1. The Labute approximate surface area is 162 Å². The smallest absolute Gasteiger partial charge is 0.309 e. The molecular formula is C23H31NO3. The predicted molar refractivity (Wildman–Crippen MR) is 104 cm³/mol. The second kappa shape index (κ2) is 6.51. The van der Waals surface area contributed by atoms with Crippen LogP contribution in [0.15, 0.2) is 18.2 Å². The molecule has 4 heteroatoms. The van der Waals surface area contributed by atoms with E-state index in [-0.39, 0.29) is 17.8 Å². The lowest BCUT2D eigenvalue weighted by atomic mass is 9.56. The highest BCUT2D eigenvalue weighted by Gasteiger charge is 2.51. The summed E-state index contributed by atoms with van der Waals surface area (Å²) in [6.45, 7) is 4.41. The van der Waals surface area contributed by atoms with Gasteiger partial charge in [-0.05, 0) is 78.9 Å². The third-order valence-corrected chi connectivity index (χ3v) is 7.61. The van der Waals surface area contributed by atoms with E-state index in [9.17, 15) is 4.79 Å². The first-order valence-corrected chi connectivity index (χ1v) is 10.7. The van der Waals surface area contributed by atoms with E-state index in [0.29, 0.717) is 17.4 Å². The van der Waals surface area contributed by atoms with Crippen molar-refractivity contribution in [3.63, 3.8) is 0 Å². The van der Waals surface area contributed by atoms with Crippen molar-refractivity contribution in [1.82, 2.24) is 5.32 Å². The first-order valence-electron chi connectivity index (χ1n) is 10.7. The van der Waals surface area contributed by atoms with E-state index in [1.807, 2.05) is 6.92 Å². The van der Waals surface area contributed by atoms with Crippen molar-refractivity contribution in [2.45, 2.75) is 57.5 Å². The minimum Gasteiger partial charge on any atom is -0.490 e. The number of carbonyl (C=O) groups is 1. The van der Waals surface area contributed by atoms with Gasteiger partial charge in [0.15, 0.2) is 0 Å². The van der Waals surface area contributed by atoms with Crippen molar-refractivity contribution in [2.75, 3.05) is 20.2 Å². The predicted octanol–water partition coefficient (Wildman–Crippen LogP) is 3.68. The standard InChI is InChI=1S/C23H31NO3/c1-14(22(25)26-2)21(16-4-5-16)17-6-3-15-7-8-19(27-20(15)9-17)18-10-23(11-18)12-24-13-23/h3,6,9,14,16,18-19,21,24H,4-5,7-8,10-13H2,1-2H3/t14-,19-,21+/m1/s1. The monoisotopic (exact) mass is 369 g/mol. The van der Waals surface area contributed by atoms with Crippen LogP contribution in [0.3, 0.4) is 0 Å². The molecule has 0 bridgehead atoms. The summed E-state index contributed by atoms with van der Waals surface area (Å²) in [6.07, 6.45) is 7.70. The van der Waals surface area contributed by atoms with Crippen LogP contribution in [0.4, 0.5) is 0 Å². The largest absolute Gasteiger partial charge is 0.490 e. The van der Waals surface area contributed by atoms with Crippen molar-refractivity contribution in [3.05, 3.63) is 29.3 Å². The highest BCUT2D eigenvalue weighted by molar-refractivity contribution is 5.73. The van der Waals surface area contributed by atoms with Crippen molar-refractivity contribution in [1.29, 1.82) is 0 Å². The van der Waals surface area contributed by atoms with Gasteiger partial charge in [0.25, 0.3) is 0 Å². The topological polar surface area (TPSA) is 47.6 Å². The average Bonchev–Trinajstić information content (AvgIpc) is 3.43. The van der Waals surface area contributed by atoms with E-state index < -0.39 is 0 Å². The summed E-state index contributed by atoms with van der Waals surface area (Å²) < 4.78 is 11.6.